The summed E-state index contributed by atoms with van der Waals surface area (Å²) in [5.74, 6) is -2.93. The Kier molecular flexibility index (Phi) is 12.0. The fourth-order valence-electron chi connectivity index (χ4n) is 4.58. The number of esters is 1. The number of amides is 3. The number of piperidine rings is 1. The van der Waals surface area contributed by atoms with Crippen LogP contribution in [0.4, 0.5) is 9.59 Å². The lowest BCUT2D eigenvalue weighted by molar-refractivity contribution is -0.155. The van der Waals surface area contributed by atoms with Gasteiger partial charge in [0.05, 0.1) is 12.1 Å². The topological polar surface area (TPSA) is 181 Å². The van der Waals surface area contributed by atoms with E-state index >= 15 is 0 Å². The smallest absolute Gasteiger partial charge is 0.478 e. The second-order valence-corrected chi connectivity index (χ2v) is 12.3. The molecule has 1 unspecified atom stereocenters. The number of likely N-dealkylation sites (tertiary alicyclic amines) is 1. The van der Waals surface area contributed by atoms with Crippen molar-refractivity contribution >= 4 is 41.6 Å². The number of carbonyl (C=O) groups is 5. The third-order valence-corrected chi connectivity index (χ3v) is 7.33. The quantitative estimate of drug-likeness (QED) is 0.162. The fraction of sp³-hybridized carbons (Fsp3) is 0.552. The highest BCUT2D eigenvalue weighted by Crippen LogP contribution is 2.46. The number of ether oxygens (including phenoxy) is 3. The summed E-state index contributed by atoms with van der Waals surface area (Å²) < 4.78 is 14.3. The van der Waals surface area contributed by atoms with Crippen molar-refractivity contribution in [1.29, 1.82) is 0 Å². The van der Waals surface area contributed by atoms with Gasteiger partial charge in [0.1, 0.15) is 11.6 Å². The molecule has 43 heavy (non-hydrogen) atoms. The standard InChI is InChI=1S/C29H40ClN3O10/c1-18(2)23(24(37)33-14-13-29(40,27(3,4)16-33)19-7-9-20(30)10-8-19)32-25(38)31-15-28(5,6)43-26(39)42-17-41-22(36)12-11-21(34)35/h7-12,18,23,40H,13-17H2,1-6H3,(H,34,35)(H2,31,32,38)/b12-11+/t23?,29-/m0/s1. The van der Waals surface area contributed by atoms with Crippen LogP contribution in [0.25, 0.3) is 0 Å². The molecule has 0 aromatic heterocycles. The van der Waals surface area contributed by atoms with E-state index in [9.17, 15) is 29.1 Å². The Morgan fingerprint density at radius 1 is 1.09 bits per heavy atom. The zero-order valence-electron chi connectivity index (χ0n) is 25.1. The molecule has 0 aliphatic carbocycles. The van der Waals surface area contributed by atoms with E-state index in [-0.39, 0.29) is 31.5 Å². The first-order valence-electron chi connectivity index (χ1n) is 13.6. The first-order chi connectivity index (χ1) is 19.9. The Morgan fingerprint density at radius 3 is 2.28 bits per heavy atom. The SMILES string of the molecule is CC(C)C(NC(=O)NCC(C)(C)OC(=O)OCOC(=O)/C=C/C(=O)O)C(=O)N1CC[C@](O)(c2ccc(Cl)cc2)C(C)(C)C1. The van der Waals surface area contributed by atoms with Crippen molar-refractivity contribution in [2.24, 2.45) is 11.3 Å². The lowest BCUT2D eigenvalue weighted by Crippen LogP contribution is -2.61. The Balaban J connectivity index is 1.91. The van der Waals surface area contributed by atoms with Crippen LogP contribution in [0.2, 0.25) is 5.02 Å². The summed E-state index contributed by atoms with van der Waals surface area (Å²) in [6, 6.07) is 5.48. The van der Waals surface area contributed by atoms with Gasteiger partial charge in [-0.25, -0.2) is 19.2 Å². The van der Waals surface area contributed by atoms with E-state index in [1.807, 2.05) is 13.8 Å². The monoisotopic (exact) mass is 625 g/mol. The van der Waals surface area contributed by atoms with E-state index in [1.165, 1.54) is 13.8 Å². The summed E-state index contributed by atoms with van der Waals surface area (Å²) in [7, 11) is 0. The number of aliphatic carboxylic acids is 1. The van der Waals surface area contributed by atoms with Gasteiger partial charge >= 0.3 is 24.1 Å². The van der Waals surface area contributed by atoms with Crippen LogP contribution in [0.1, 0.15) is 53.5 Å². The van der Waals surface area contributed by atoms with E-state index in [2.05, 4.69) is 20.1 Å². The number of carbonyl (C=O) groups excluding carboxylic acids is 4. The highest BCUT2D eigenvalue weighted by atomic mass is 35.5. The van der Waals surface area contributed by atoms with Gasteiger partial charge in [-0.2, -0.15) is 0 Å². The van der Waals surface area contributed by atoms with Crippen molar-refractivity contribution in [3.8, 4) is 0 Å². The van der Waals surface area contributed by atoms with Gasteiger partial charge in [-0.1, -0.05) is 51.4 Å². The molecule has 1 fully saturated rings. The highest BCUT2D eigenvalue weighted by Gasteiger charge is 2.50. The predicted molar refractivity (Wildman–Crippen MR) is 155 cm³/mol. The normalized spacial score (nSPS) is 19.0. The van der Waals surface area contributed by atoms with E-state index in [0.717, 1.165) is 5.56 Å². The third kappa shape index (κ3) is 10.1. The molecule has 14 heteroatoms. The molecule has 1 heterocycles. The molecule has 1 aromatic carbocycles. The second-order valence-electron chi connectivity index (χ2n) is 11.8. The minimum atomic E-state index is -1.35. The van der Waals surface area contributed by atoms with E-state index < -0.39 is 53.6 Å². The molecule has 0 bridgehead atoms. The molecule has 2 atom stereocenters. The molecule has 0 saturated carbocycles. The summed E-state index contributed by atoms with van der Waals surface area (Å²) in [5.41, 5.74) is -2.42. The highest BCUT2D eigenvalue weighted by molar-refractivity contribution is 6.30. The maximum atomic E-state index is 13.6. The Morgan fingerprint density at radius 2 is 1.72 bits per heavy atom. The molecular formula is C29H40ClN3O10. The van der Waals surface area contributed by atoms with Crippen LogP contribution in [0.3, 0.4) is 0 Å². The molecule has 1 saturated heterocycles. The molecule has 1 aromatic rings. The number of nitrogens with one attached hydrogen (secondary N) is 2. The molecular weight excluding hydrogens is 586 g/mol. The number of hydrogen-bond acceptors (Lipinski definition) is 9. The van der Waals surface area contributed by atoms with Crippen molar-refractivity contribution in [1.82, 2.24) is 15.5 Å². The van der Waals surface area contributed by atoms with Crippen molar-refractivity contribution < 1.29 is 48.4 Å². The minimum Gasteiger partial charge on any atom is -0.478 e. The van der Waals surface area contributed by atoms with E-state index in [4.69, 9.17) is 21.4 Å². The van der Waals surface area contributed by atoms with Crippen LogP contribution in [0, 0.1) is 11.3 Å². The van der Waals surface area contributed by atoms with Gasteiger partial charge < -0.3 is 40.0 Å². The van der Waals surface area contributed by atoms with Gasteiger partial charge in [-0.05, 0) is 43.9 Å². The Bertz CT molecular complexity index is 1220. The molecule has 0 spiro atoms. The summed E-state index contributed by atoms with van der Waals surface area (Å²) >= 11 is 6.02. The van der Waals surface area contributed by atoms with Gasteiger partial charge in [-0.15, -0.1) is 0 Å². The van der Waals surface area contributed by atoms with Gasteiger partial charge in [0, 0.05) is 35.7 Å². The molecule has 1 aliphatic rings. The number of aliphatic hydroxyl groups is 1. The molecule has 238 valence electrons. The number of urea groups is 1. The van der Waals surface area contributed by atoms with Crippen LogP contribution < -0.4 is 10.6 Å². The lowest BCUT2D eigenvalue weighted by atomic mass is 9.66. The fourth-order valence-corrected chi connectivity index (χ4v) is 4.71. The van der Waals surface area contributed by atoms with Crippen molar-refractivity contribution in [3.63, 3.8) is 0 Å². The van der Waals surface area contributed by atoms with E-state index in [0.29, 0.717) is 23.6 Å². The van der Waals surface area contributed by atoms with Crippen LogP contribution in [-0.2, 0) is 34.2 Å². The summed E-state index contributed by atoms with van der Waals surface area (Å²) in [6.07, 6.45) is 0.313. The van der Waals surface area contributed by atoms with Crippen molar-refractivity contribution in [2.45, 2.75) is 65.2 Å². The average molecular weight is 626 g/mol. The molecule has 0 radical (unpaired) electrons. The number of carboxylic acids is 1. The maximum Gasteiger partial charge on any atom is 0.511 e. The van der Waals surface area contributed by atoms with Gasteiger partial charge in [0.25, 0.3) is 0 Å². The van der Waals surface area contributed by atoms with Gasteiger partial charge in [0.15, 0.2) is 0 Å². The Labute approximate surface area is 255 Å². The first-order valence-corrected chi connectivity index (χ1v) is 14.0. The van der Waals surface area contributed by atoms with Gasteiger partial charge in [0.2, 0.25) is 12.7 Å². The number of nitrogens with zero attached hydrogens (tertiary/aromatic N) is 1. The van der Waals surface area contributed by atoms with E-state index in [1.54, 1.807) is 43.0 Å². The number of hydrogen-bond donors (Lipinski definition) is 4. The zero-order chi connectivity index (χ0) is 32.6. The first kappa shape index (κ1) is 35.4. The Hall–Kier alpha value is -3.84. The lowest BCUT2D eigenvalue weighted by Gasteiger charge is -2.51. The van der Waals surface area contributed by atoms with Crippen molar-refractivity contribution in [2.75, 3.05) is 26.4 Å². The molecule has 2 rings (SSSR count). The summed E-state index contributed by atoms with van der Waals surface area (Å²) in [6.45, 7) is 9.95. The third-order valence-electron chi connectivity index (χ3n) is 7.08. The van der Waals surface area contributed by atoms with Crippen LogP contribution in [0.5, 0.6) is 0 Å². The van der Waals surface area contributed by atoms with Crippen LogP contribution >= 0.6 is 11.6 Å². The second kappa shape index (κ2) is 14.6. The molecule has 4 N–H and O–H groups in total. The number of benzene rings is 1. The zero-order valence-corrected chi connectivity index (χ0v) is 25.9. The summed E-state index contributed by atoms with van der Waals surface area (Å²) in [5, 5.41) is 25.9. The predicted octanol–water partition coefficient (Wildman–Crippen LogP) is 3.18. The van der Waals surface area contributed by atoms with Gasteiger partial charge in [-0.3, -0.25) is 4.79 Å². The minimum absolute atomic E-state index is 0.154. The van der Waals surface area contributed by atoms with Crippen molar-refractivity contribution in [3.05, 3.63) is 47.0 Å². The molecule has 1 aliphatic heterocycles. The average Bonchev–Trinajstić information content (AvgIpc) is 2.90. The number of carboxylic acid groups (broad SMARTS) is 1. The molecule has 3 amide bonds. The largest absolute Gasteiger partial charge is 0.511 e. The maximum absolute atomic E-state index is 13.6. The molecule has 13 nitrogen and oxygen atoms in total. The van der Waals surface area contributed by atoms with Crippen LogP contribution in [-0.4, -0.2) is 83.2 Å². The van der Waals surface area contributed by atoms with Crippen LogP contribution in [0.15, 0.2) is 36.4 Å². The summed E-state index contributed by atoms with van der Waals surface area (Å²) in [4.78, 5) is 61.6. The number of rotatable bonds is 11. The number of halogens is 1.